The fourth-order valence-electron chi connectivity index (χ4n) is 1.73. The standard InChI is InChI=1S/C13H18BrF/c1-3-5-10(2)13(14)9-11-6-4-7-12(15)8-11/h4,6-8,10,13H,3,5,9H2,1-2H3. The van der Waals surface area contributed by atoms with Gasteiger partial charge in [0.2, 0.25) is 0 Å². The van der Waals surface area contributed by atoms with Gasteiger partial charge < -0.3 is 0 Å². The molecule has 2 heteroatoms. The van der Waals surface area contributed by atoms with Crippen molar-refractivity contribution in [3.63, 3.8) is 0 Å². The number of rotatable bonds is 5. The van der Waals surface area contributed by atoms with Crippen LogP contribution in [-0.4, -0.2) is 4.83 Å². The van der Waals surface area contributed by atoms with Gasteiger partial charge in [-0.3, -0.25) is 0 Å². The summed E-state index contributed by atoms with van der Waals surface area (Å²) < 4.78 is 13.0. The monoisotopic (exact) mass is 272 g/mol. The van der Waals surface area contributed by atoms with Gasteiger partial charge in [-0.1, -0.05) is 48.3 Å². The van der Waals surface area contributed by atoms with E-state index in [2.05, 4.69) is 29.8 Å². The van der Waals surface area contributed by atoms with Gasteiger partial charge in [0.25, 0.3) is 0 Å². The highest BCUT2D eigenvalue weighted by Gasteiger charge is 2.13. The van der Waals surface area contributed by atoms with E-state index >= 15 is 0 Å². The van der Waals surface area contributed by atoms with Crippen molar-refractivity contribution >= 4 is 15.9 Å². The van der Waals surface area contributed by atoms with Crippen molar-refractivity contribution in [1.29, 1.82) is 0 Å². The van der Waals surface area contributed by atoms with E-state index in [9.17, 15) is 4.39 Å². The molecule has 0 heterocycles. The van der Waals surface area contributed by atoms with Crippen molar-refractivity contribution < 1.29 is 4.39 Å². The minimum absolute atomic E-state index is 0.143. The van der Waals surface area contributed by atoms with Crippen LogP contribution >= 0.6 is 15.9 Å². The van der Waals surface area contributed by atoms with E-state index in [1.807, 2.05) is 6.07 Å². The van der Waals surface area contributed by atoms with Crippen molar-refractivity contribution in [3.8, 4) is 0 Å². The van der Waals surface area contributed by atoms with E-state index in [1.54, 1.807) is 12.1 Å². The van der Waals surface area contributed by atoms with Crippen LogP contribution in [0.25, 0.3) is 0 Å². The number of halogens is 2. The lowest BCUT2D eigenvalue weighted by molar-refractivity contribution is 0.504. The van der Waals surface area contributed by atoms with Gasteiger partial charge in [-0.05, 0) is 36.5 Å². The smallest absolute Gasteiger partial charge is 0.123 e. The molecule has 1 rings (SSSR count). The second-order valence-corrected chi connectivity index (χ2v) is 5.29. The maximum Gasteiger partial charge on any atom is 0.123 e. The third kappa shape index (κ3) is 4.33. The third-order valence-electron chi connectivity index (χ3n) is 2.68. The summed E-state index contributed by atoms with van der Waals surface area (Å²) in [4.78, 5) is 0.444. The highest BCUT2D eigenvalue weighted by molar-refractivity contribution is 9.09. The minimum Gasteiger partial charge on any atom is -0.207 e. The molecule has 1 aromatic rings. The Bertz CT molecular complexity index is 298. The van der Waals surface area contributed by atoms with Crippen molar-refractivity contribution in [3.05, 3.63) is 35.6 Å². The molecule has 2 unspecified atom stereocenters. The molecule has 0 aromatic heterocycles. The average Bonchev–Trinajstić information content (AvgIpc) is 2.18. The second kappa shape index (κ2) is 6.26. The van der Waals surface area contributed by atoms with Gasteiger partial charge in [-0.25, -0.2) is 4.39 Å². The summed E-state index contributed by atoms with van der Waals surface area (Å²) >= 11 is 3.68. The summed E-state index contributed by atoms with van der Waals surface area (Å²) in [6.45, 7) is 4.43. The molecule has 0 saturated carbocycles. The highest BCUT2D eigenvalue weighted by atomic mass is 79.9. The first-order valence-corrected chi connectivity index (χ1v) is 6.43. The molecular formula is C13H18BrF. The quantitative estimate of drug-likeness (QED) is 0.689. The van der Waals surface area contributed by atoms with Crippen LogP contribution in [0.1, 0.15) is 32.3 Å². The number of benzene rings is 1. The van der Waals surface area contributed by atoms with Crippen molar-refractivity contribution in [1.82, 2.24) is 0 Å². The van der Waals surface area contributed by atoms with Gasteiger partial charge in [0.15, 0.2) is 0 Å². The Hall–Kier alpha value is -0.370. The van der Waals surface area contributed by atoms with Crippen LogP contribution in [0.3, 0.4) is 0 Å². The van der Waals surface area contributed by atoms with Gasteiger partial charge in [0.1, 0.15) is 5.82 Å². The van der Waals surface area contributed by atoms with Gasteiger partial charge in [-0.2, -0.15) is 0 Å². The summed E-state index contributed by atoms with van der Waals surface area (Å²) in [6, 6.07) is 6.86. The molecule has 0 saturated heterocycles. The van der Waals surface area contributed by atoms with Crippen molar-refractivity contribution in [2.24, 2.45) is 5.92 Å². The van der Waals surface area contributed by atoms with Crippen LogP contribution in [-0.2, 0) is 6.42 Å². The molecule has 15 heavy (non-hydrogen) atoms. The van der Waals surface area contributed by atoms with Crippen LogP contribution < -0.4 is 0 Å². The molecule has 0 aliphatic heterocycles. The molecule has 0 amide bonds. The van der Waals surface area contributed by atoms with Crippen LogP contribution in [0.2, 0.25) is 0 Å². The summed E-state index contributed by atoms with van der Waals surface area (Å²) in [7, 11) is 0. The average molecular weight is 273 g/mol. The number of hydrogen-bond donors (Lipinski definition) is 0. The molecule has 1 aromatic carbocycles. The van der Waals surface area contributed by atoms with Gasteiger partial charge in [0, 0.05) is 4.83 Å². The molecule has 0 aliphatic carbocycles. The molecule has 2 atom stereocenters. The Morgan fingerprint density at radius 1 is 1.40 bits per heavy atom. The summed E-state index contributed by atoms with van der Waals surface area (Å²) in [5.41, 5.74) is 1.07. The fourth-order valence-corrected chi connectivity index (χ4v) is 2.36. The van der Waals surface area contributed by atoms with Gasteiger partial charge >= 0.3 is 0 Å². The zero-order valence-electron chi connectivity index (χ0n) is 9.34. The van der Waals surface area contributed by atoms with Crippen LogP contribution in [0.15, 0.2) is 24.3 Å². The van der Waals surface area contributed by atoms with Crippen molar-refractivity contribution in [2.75, 3.05) is 0 Å². The first kappa shape index (κ1) is 12.7. The third-order valence-corrected chi connectivity index (χ3v) is 3.91. The Morgan fingerprint density at radius 2 is 2.13 bits per heavy atom. The molecule has 0 bridgehead atoms. The fraction of sp³-hybridized carbons (Fsp3) is 0.538. The summed E-state index contributed by atoms with van der Waals surface area (Å²) in [5, 5.41) is 0. The molecule has 0 aliphatic rings. The molecule has 84 valence electrons. The lowest BCUT2D eigenvalue weighted by Crippen LogP contribution is -2.13. The molecule has 0 spiro atoms. The lowest BCUT2D eigenvalue weighted by Gasteiger charge is -2.17. The molecule has 0 fully saturated rings. The normalized spacial score (nSPS) is 14.9. The highest BCUT2D eigenvalue weighted by Crippen LogP contribution is 2.22. The maximum absolute atomic E-state index is 13.0. The maximum atomic E-state index is 13.0. The van der Waals surface area contributed by atoms with Gasteiger partial charge in [-0.15, -0.1) is 0 Å². The van der Waals surface area contributed by atoms with E-state index < -0.39 is 0 Å². The van der Waals surface area contributed by atoms with E-state index in [4.69, 9.17) is 0 Å². The molecule has 0 N–H and O–H groups in total. The SMILES string of the molecule is CCCC(C)C(Br)Cc1cccc(F)c1. The number of alkyl halides is 1. The second-order valence-electron chi connectivity index (χ2n) is 4.12. The Balaban J connectivity index is 2.54. The predicted octanol–water partition coefficient (Wildman–Crippen LogP) is 4.57. The first-order chi connectivity index (χ1) is 7.13. The van der Waals surface area contributed by atoms with Crippen LogP contribution in [0.5, 0.6) is 0 Å². The van der Waals surface area contributed by atoms with E-state index in [0.29, 0.717) is 10.7 Å². The van der Waals surface area contributed by atoms with E-state index in [1.165, 1.54) is 18.9 Å². The topological polar surface area (TPSA) is 0 Å². The van der Waals surface area contributed by atoms with Crippen molar-refractivity contribution in [2.45, 2.75) is 37.9 Å². The predicted molar refractivity (Wildman–Crippen MR) is 66.9 cm³/mol. The zero-order chi connectivity index (χ0) is 11.3. The molecule has 0 radical (unpaired) electrons. The van der Waals surface area contributed by atoms with Crippen LogP contribution in [0, 0.1) is 11.7 Å². The summed E-state index contributed by atoms with van der Waals surface area (Å²) in [5.74, 6) is 0.494. The Kier molecular flexibility index (Phi) is 5.30. The zero-order valence-corrected chi connectivity index (χ0v) is 10.9. The van der Waals surface area contributed by atoms with E-state index in [0.717, 1.165) is 12.0 Å². The Morgan fingerprint density at radius 3 is 2.73 bits per heavy atom. The van der Waals surface area contributed by atoms with Gasteiger partial charge in [0.05, 0.1) is 0 Å². The molecular weight excluding hydrogens is 255 g/mol. The van der Waals surface area contributed by atoms with E-state index in [-0.39, 0.29) is 5.82 Å². The number of hydrogen-bond acceptors (Lipinski definition) is 0. The first-order valence-electron chi connectivity index (χ1n) is 5.52. The lowest BCUT2D eigenvalue weighted by atomic mass is 9.97. The largest absolute Gasteiger partial charge is 0.207 e. The minimum atomic E-state index is -0.143. The summed E-state index contributed by atoms with van der Waals surface area (Å²) in [6.07, 6.45) is 3.32. The Labute approximate surface area is 100 Å². The van der Waals surface area contributed by atoms with Crippen LogP contribution in [0.4, 0.5) is 4.39 Å². The molecule has 0 nitrogen and oxygen atoms in total.